The molecule has 20 heavy (non-hydrogen) atoms. The minimum atomic E-state index is -4.42. The van der Waals surface area contributed by atoms with Crippen LogP contribution in [0.5, 0.6) is 0 Å². The number of rotatable bonds is 4. The molecule has 1 fully saturated rings. The van der Waals surface area contributed by atoms with Crippen molar-refractivity contribution in [2.45, 2.75) is 38.4 Å². The fourth-order valence-corrected chi connectivity index (χ4v) is 1.97. The first kappa shape index (κ1) is 14.6. The van der Waals surface area contributed by atoms with Crippen molar-refractivity contribution in [3.63, 3.8) is 0 Å². The standard InChI is InChI=1S/C13H16F3N3O/c1-3-17-10-6-8(2)18-7-9(10)11(20)19-12(4-5-12)13(14,15)16/h6-7H,3-5H2,1-2H3,(H,17,18)(H,19,20). The SMILES string of the molecule is CCNc1cc(C)ncc1C(=O)NC1(C(F)(F)F)CC1. The molecule has 1 aromatic rings. The third-order valence-electron chi connectivity index (χ3n) is 3.30. The van der Waals surface area contributed by atoms with Crippen LogP contribution in [0.1, 0.15) is 35.8 Å². The maximum atomic E-state index is 12.8. The van der Waals surface area contributed by atoms with Gasteiger partial charge < -0.3 is 10.6 Å². The van der Waals surface area contributed by atoms with Gasteiger partial charge in [-0.05, 0) is 32.8 Å². The van der Waals surface area contributed by atoms with Crippen LogP contribution >= 0.6 is 0 Å². The highest BCUT2D eigenvalue weighted by atomic mass is 19.4. The maximum absolute atomic E-state index is 12.8. The molecule has 1 aromatic heterocycles. The fraction of sp³-hybridized carbons (Fsp3) is 0.538. The Morgan fingerprint density at radius 1 is 1.45 bits per heavy atom. The Morgan fingerprint density at radius 3 is 2.60 bits per heavy atom. The summed E-state index contributed by atoms with van der Waals surface area (Å²) < 4.78 is 38.5. The number of nitrogens with zero attached hydrogens (tertiary/aromatic N) is 1. The summed E-state index contributed by atoms with van der Waals surface area (Å²) in [6.45, 7) is 4.16. The molecule has 1 saturated carbocycles. The van der Waals surface area contributed by atoms with E-state index >= 15 is 0 Å². The molecule has 0 unspecified atom stereocenters. The van der Waals surface area contributed by atoms with Crippen molar-refractivity contribution in [1.29, 1.82) is 0 Å². The molecule has 2 rings (SSSR count). The number of nitrogens with one attached hydrogen (secondary N) is 2. The molecule has 1 aliphatic rings. The highest BCUT2D eigenvalue weighted by Gasteiger charge is 2.64. The highest BCUT2D eigenvalue weighted by molar-refractivity contribution is 6.00. The molecule has 1 heterocycles. The van der Waals surface area contributed by atoms with Crippen LogP contribution in [0.2, 0.25) is 0 Å². The van der Waals surface area contributed by atoms with Gasteiger partial charge in [0, 0.05) is 18.4 Å². The first-order valence-corrected chi connectivity index (χ1v) is 6.39. The minimum absolute atomic E-state index is 0.0714. The molecule has 110 valence electrons. The molecule has 2 N–H and O–H groups in total. The molecule has 1 amide bonds. The van der Waals surface area contributed by atoms with Gasteiger partial charge in [0.15, 0.2) is 0 Å². The number of carbonyl (C=O) groups is 1. The summed E-state index contributed by atoms with van der Waals surface area (Å²) >= 11 is 0. The van der Waals surface area contributed by atoms with E-state index in [4.69, 9.17) is 0 Å². The van der Waals surface area contributed by atoms with Crippen molar-refractivity contribution < 1.29 is 18.0 Å². The zero-order chi connectivity index (χ0) is 15.0. The van der Waals surface area contributed by atoms with Crippen molar-refractivity contribution in [2.24, 2.45) is 0 Å². The number of halogens is 3. The van der Waals surface area contributed by atoms with Crippen molar-refractivity contribution in [2.75, 3.05) is 11.9 Å². The van der Waals surface area contributed by atoms with Gasteiger partial charge >= 0.3 is 6.18 Å². The van der Waals surface area contributed by atoms with Crippen molar-refractivity contribution in [1.82, 2.24) is 10.3 Å². The summed E-state index contributed by atoms with van der Waals surface area (Å²) in [5, 5.41) is 5.06. The van der Waals surface area contributed by atoms with Crippen molar-refractivity contribution in [3.8, 4) is 0 Å². The number of amides is 1. The van der Waals surface area contributed by atoms with Gasteiger partial charge in [-0.2, -0.15) is 13.2 Å². The lowest BCUT2D eigenvalue weighted by Gasteiger charge is -2.21. The van der Waals surface area contributed by atoms with E-state index in [9.17, 15) is 18.0 Å². The number of anilines is 1. The molecule has 0 bridgehead atoms. The summed E-state index contributed by atoms with van der Waals surface area (Å²) in [7, 11) is 0. The summed E-state index contributed by atoms with van der Waals surface area (Å²) in [5.41, 5.74) is -0.740. The van der Waals surface area contributed by atoms with Crippen LogP contribution in [0.25, 0.3) is 0 Å². The van der Waals surface area contributed by atoms with Gasteiger partial charge in [-0.15, -0.1) is 0 Å². The summed E-state index contributed by atoms with van der Waals surface area (Å²) in [6, 6.07) is 1.64. The van der Waals surface area contributed by atoms with E-state index in [0.29, 0.717) is 17.9 Å². The molecule has 0 spiro atoms. The van der Waals surface area contributed by atoms with E-state index < -0.39 is 17.6 Å². The lowest BCUT2D eigenvalue weighted by atomic mass is 10.1. The Balaban J connectivity index is 2.22. The normalized spacial score (nSPS) is 16.6. The fourth-order valence-electron chi connectivity index (χ4n) is 1.97. The van der Waals surface area contributed by atoms with E-state index in [0.717, 1.165) is 0 Å². The number of pyridine rings is 1. The van der Waals surface area contributed by atoms with Gasteiger partial charge in [0.05, 0.1) is 11.3 Å². The minimum Gasteiger partial charge on any atom is -0.385 e. The Hall–Kier alpha value is -1.79. The van der Waals surface area contributed by atoms with Crippen LogP contribution < -0.4 is 10.6 Å². The molecule has 0 atom stereocenters. The number of hydrogen-bond acceptors (Lipinski definition) is 3. The number of aryl methyl sites for hydroxylation is 1. The molecule has 1 aliphatic carbocycles. The summed E-state index contributed by atoms with van der Waals surface area (Å²) in [6.07, 6.45) is -3.26. The summed E-state index contributed by atoms with van der Waals surface area (Å²) in [5.74, 6) is -0.747. The second kappa shape index (κ2) is 4.96. The van der Waals surface area contributed by atoms with Crippen molar-refractivity contribution >= 4 is 11.6 Å². The molecule has 0 radical (unpaired) electrons. The lowest BCUT2D eigenvalue weighted by molar-refractivity contribution is -0.163. The topological polar surface area (TPSA) is 54.0 Å². The molecule has 4 nitrogen and oxygen atoms in total. The molecule has 0 saturated heterocycles. The van der Waals surface area contributed by atoms with Crippen LogP contribution in [0.3, 0.4) is 0 Å². The first-order valence-electron chi connectivity index (χ1n) is 6.39. The van der Waals surface area contributed by atoms with E-state index in [1.54, 1.807) is 13.0 Å². The van der Waals surface area contributed by atoms with Gasteiger partial charge in [-0.25, -0.2) is 0 Å². The zero-order valence-electron chi connectivity index (χ0n) is 11.3. The molecule has 0 aromatic carbocycles. The third-order valence-corrected chi connectivity index (χ3v) is 3.30. The van der Waals surface area contributed by atoms with E-state index in [-0.39, 0.29) is 18.4 Å². The average Bonchev–Trinajstić information content (AvgIpc) is 3.09. The second-order valence-corrected chi connectivity index (χ2v) is 4.94. The van der Waals surface area contributed by atoms with Crippen molar-refractivity contribution in [3.05, 3.63) is 23.5 Å². The van der Waals surface area contributed by atoms with Gasteiger partial charge in [0.1, 0.15) is 5.54 Å². The molecular weight excluding hydrogens is 271 g/mol. The van der Waals surface area contributed by atoms with E-state index in [2.05, 4.69) is 15.6 Å². The average molecular weight is 287 g/mol. The predicted molar refractivity (Wildman–Crippen MR) is 68.6 cm³/mol. The van der Waals surface area contributed by atoms with Crippen LogP contribution in [-0.4, -0.2) is 29.2 Å². The van der Waals surface area contributed by atoms with Gasteiger partial charge in [-0.1, -0.05) is 0 Å². The smallest absolute Gasteiger partial charge is 0.385 e. The Labute approximate surface area is 114 Å². The highest BCUT2D eigenvalue weighted by Crippen LogP contribution is 2.49. The van der Waals surface area contributed by atoms with Crippen LogP contribution in [0, 0.1) is 6.92 Å². The van der Waals surface area contributed by atoms with E-state index in [1.165, 1.54) is 6.20 Å². The van der Waals surface area contributed by atoms with Gasteiger partial charge in [0.2, 0.25) is 0 Å². The van der Waals surface area contributed by atoms with Crippen LogP contribution in [-0.2, 0) is 0 Å². The number of aromatic nitrogens is 1. The van der Waals surface area contributed by atoms with Crippen LogP contribution in [0.15, 0.2) is 12.3 Å². The first-order chi connectivity index (χ1) is 9.29. The number of alkyl halides is 3. The Kier molecular flexibility index (Phi) is 3.62. The van der Waals surface area contributed by atoms with Gasteiger partial charge in [-0.3, -0.25) is 9.78 Å². The number of carbonyl (C=O) groups excluding carboxylic acids is 1. The quantitative estimate of drug-likeness (QED) is 0.895. The van der Waals surface area contributed by atoms with E-state index in [1.807, 2.05) is 6.92 Å². The lowest BCUT2D eigenvalue weighted by Crippen LogP contribution is -2.48. The number of hydrogen-bond donors (Lipinski definition) is 2. The zero-order valence-corrected chi connectivity index (χ0v) is 11.3. The molecule has 7 heteroatoms. The summed E-state index contributed by atoms with van der Waals surface area (Å²) in [4.78, 5) is 16.0. The maximum Gasteiger partial charge on any atom is 0.411 e. The molecule has 0 aliphatic heterocycles. The third kappa shape index (κ3) is 2.71. The van der Waals surface area contributed by atoms with Gasteiger partial charge in [0.25, 0.3) is 5.91 Å². The molecular formula is C13H16F3N3O. The second-order valence-electron chi connectivity index (χ2n) is 4.94. The Bertz CT molecular complexity index is 524. The predicted octanol–water partition coefficient (Wildman–Crippen LogP) is 2.65. The largest absolute Gasteiger partial charge is 0.411 e. The van der Waals surface area contributed by atoms with Crippen LogP contribution in [0.4, 0.5) is 18.9 Å². The monoisotopic (exact) mass is 287 g/mol. The Morgan fingerprint density at radius 2 is 2.10 bits per heavy atom.